The van der Waals surface area contributed by atoms with Crippen molar-refractivity contribution >= 4 is 23.5 Å². The molecule has 2 rings (SSSR count). The molecule has 122 valence electrons. The zero-order valence-electron chi connectivity index (χ0n) is 13.6. The number of hydrogen-bond acceptors (Lipinski definition) is 5. The maximum atomic E-state index is 12.1. The quantitative estimate of drug-likeness (QED) is 0.478. The van der Waals surface area contributed by atoms with Gasteiger partial charge in [-0.1, -0.05) is 25.5 Å². The third-order valence-corrected chi connectivity index (χ3v) is 4.23. The molecule has 0 aliphatic heterocycles. The summed E-state index contributed by atoms with van der Waals surface area (Å²) in [5, 5.41) is 4.90. The predicted molar refractivity (Wildman–Crippen MR) is 93.5 cm³/mol. The average Bonchev–Trinajstić information content (AvgIpc) is 2.87. The van der Waals surface area contributed by atoms with E-state index in [0.29, 0.717) is 11.5 Å². The molecule has 0 spiro atoms. The Morgan fingerprint density at radius 1 is 1.39 bits per heavy atom. The lowest BCUT2D eigenvalue weighted by molar-refractivity contribution is 0.0958. The number of hydrazone groups is 1. The van der Waals surface area contributed by atoms with Crippen LogP contribution < -0.4 is 10.2 Å². The highest BCUT2D eigenvalue weighted by Crippen LogP contribution is 2.17. The van der Waals surface area contributed by atoms with Crippen LogP contribution in [-0.2, 0) is 0 Å². The van der Waals surface area contributed by atoms with Crippen LogP contribution in [0, 0.1) is 13.8 Å². The van der Waals surface area contributed by atoms with Gasteiger partial charge in [-0.2, -0.15) is 5.10 Å². The molecule has 0 unspecified atom stereocenters. The number of nitrogens with one attached hydrogen (secondary N) is 1. The molecular weight excluding hydrogens is 310 g/mol. The van der Waals surface area contributed by atoms with Crippen molar-refractivity contribution < 1.29 is 9.53 Å². The van der Waals surface area contributed by atoms with Gasteiger partial charge in [0.05, 0.1) is 23.5 Å². The van der Waals surface area contributed by atoms with E-state index in [2.05, 4.69) is 22.4 Å². The molecule has 0 saturated heterocycles. The van der Waals surface area contributed by atoms with E-state index in [4.69, 9.17) is 4.74 Å². The molecule has 0 radical (unpaired) electrons. The maximum Gasteiger partial charge on any atom is 0.283 e. The van der Waals surface area contributed by atoms with Crippen molar-refractivity contribution in [2.24, 2.45) is 5.10 Å². The van der Waals surface area contributed by atoms with Crippen LogP contribution in [0.5, 0.6) is 5.75 Å². The Morgan fingerprint density at radius 3 is 2.87 bits per heavy atom. The first-order chi connectivity index (χ1) is 11.1. The number of carbonyl (C=O) groups excluding carboxylic acids is 1. The van der Waals surface area contributed by atoms with Gasteiger partial charge in [0.15, 0.2) is 0 Å². The van der Waals surface area contributed by atoms with E-state index in [-0.39, 0.29) is 5.91 Å². The summed E-state index contributed by atoms with van der Waals surface area (Å²) in [7, 11) is 0. The van der Waals surface area contributed by atoms with Crippen LogP contribution in [0.3, 0.4) is 0 Å². The Bertz CT molecular complexity index is 695. The fourth-order valence-corrected chi connectivity index (χ4v) is 2.81. The average molecular weight is 331 g/mol. The van der Waals surface area contributed by atoms with Gasteiger partial charge in [0.25, 0.3) is 5.91 Å². The van der Waals surface area contributed by atoms with Gasteiger partial charge in [0, 0.05) is 5.56 Å². The monoisotopic (exact) mass is 331 g/mol. The number of rotatable bonds is 7. The van der Waals surface area contributed by atoms with Gasteiger partial charge < -0.3 is 4.74 Å². The summed E-state index contributed by atoms with van der Waals surface area (Å²) in [5.74, 6) is 0.525. The smallest absolute Gasteiger partial charge is 0.283 e. The SMILES string of the molecule is CCCCOc1ccccc1/C=N/NC(=O)c1sc(C)nc1C. The topological polar surface area (TPSA) is 63.6 Å². The summed E-state index contributed by atoms with van der Waals surface area (Å²) < 4.78 is 5.73. The van der Waals surface area contributed by atoms with Gasteiger partial charge in [-0.15, -0.1) is 11.3 Å². The fraction of sp³-hybridized carbons (Fsp3) is 0.353. The number of aryl methyl sites for hydroxylation is 2. The molecule has 23 heavy (non-hydrogen) atoms. The van der Waals surface area contributed by atoms with Crippen molar-refractivity contribution in [1.82, 2.24) is 10.4 Å². The molecule has 1 amide bonds. The molecule has 6 heteroatoms. The number of carbonyl (C=O) groups is 1. The van der Waals surface area contributed by atoms with Crippen molar-refractivity contribution in [1.29, 1.82) is 0 Å². The first-order valence-corrected chi connectivity index (χ1v) is 8.42. The summed E-state index contributed by atoms with van der Waals surface area (Å²) in [6, 6.07) is 7.63. The Morgan fingerprint density at radius 2 is 2.17 bits per heavy atom. The first kappa shape index (κ1) is 17.1. The second kappa shape index (κ2) is 8.43. The van der Waals surface area contributed by atoms with Crippen LogP contribution in [0.4, 0.5) is 0 Å². The first-order valence-electron chi connectivity index (χ1n) is 7.61. The van der Waals surface area contributed by atoms with Gasteiger partial charge in [-0.3, -0.25) is 4.79 Å². The molecule has 1 heterocycles. The Labute approximate surface area is 140 Å². The second-order valence-electron chi connectivity index (χ2n) is 5.09. The summed E-state index contributed by atoms with van der Waals surface area (Å²) in [4.78, 5) is 16.9. The number of thiazole rings is 1. The Kier molecular flexibility index (Phi) is 6.29. The number of nitrogens with zero attached hydrogens (tertiary/aromatic N) is 2. The van der Waals surface area contributed by atoms with Gasteiger partial charge in [-0.05, 0) is 32.4 Å². The minimum atomic E-state index is -0.242. The lowest BCUT2D eigenvalue weighted by Gasteiger charge is -2.07. The minimum Gasteiger partial charge on any atom is -0.493 e. The van der Waals surface area contributed by atoms with Crippen molar-refractivity contribution in [3.63, 3.8) is 0 Å². The van der Waals surface area contributed by atoms with E-state index in [1.54, 1.807) is 6.21 Å². The van der Waals surface area contributed by atoms with Crippen LogP contribution in [0.15, 0.2) is 29.4 Å². The van der Waals surface area contributed by atoms with Gasteiger partial charge in [0.1, 0.15) is 10.6 Å². The predicted octanol–water partition coefficient (Wildman–Crippen LogP) is 3.70. The van der Waals surface area contributed by atoms with E-state index in [9.17, 15) is 4.79 Å². The van der Waals surface area contributed by atoms with Gasteiger partial charge in [0.2, 0.25) is 0 Å². The Balaban J connectivity index is 2.00. The van der Waals surface area contributed by atoms with E-state index in [1.807, 2.05) is 38.1 Å². The molecule has 0 atom stereocenters. The molecule has 0 aliphatic rings. The van der Waals surface area contributed by atoms with Crippen LogP contribution >= 0.6 is 11.3 Å². The lowest BCUT2D eigenvalue weighted by atomic mass is 10.2. The highest BCUT2D eigenvalue weighted by Gasteiger charge is 2.12. The van der Waals surface area contributed by atoms with Gasteiger partial charge in [-0.25, -0.2) is 10.4 Å². The van der Waals surface area contributed by atoms with Crippen LogP contribution in [0.1, 0.15) is 45.7 Å². The zero-order chi connectivity index (χ0) is 16.7. The normalized spacial score (nSPS) is 10.9. The standard InChI is InChI=1S/C17H21N3O2S/c1-4-5-10-22-15-9-7-6-8-14(15)11-18-20-17(21)16-12(2)19-13(3)23-16/h6-9,11H,4-5,10H2,1-3H3,(H,20,21)/b18-11+. The van der Waals surface area contributed by atoms with Crippen LogP contribution in [0.2, 0.25) is 0 Å². The fourth-order valence-electron chi connectivity index (χ4n) is 2.00. The van der Waals surface area contributed by atoms with E-state index in [0.717, 1.165) is 34.9 Å². The largest absolute Gasteiger partial charge is 0.493 e. The van der Waals surface area contributed by atoms with E-state index < -0.39 is 0 Å². The molecule has 0 aliphatic carbocycles. The number of amides is 1. The molecular formula is C17H21N3O2S. The molecule has 0 saturated carbocycles. The number of ether oxygens (including phenoxy) is 1. The summed E-state index contributed by atoms with van der Waals surface area (Å²) in [6.45, 7) is 6.49. The van der Waals surface area contributed by atoms with Crippen LogP contribution in [-0.4, -0.2) is 23.7 Å². The maximum absolute atomic E-state index is 12.1. The van der Waals surface area contributed by atoms with Crippen molar-refractivity contribution in [3.05, 3.63) is 45.4 Å². The summed E-state index contributed by atoms with van der Waals surface area (Å²) >= 11 is 1.36. The zero-order valence-corrected chi connectivity index (χ0v) is 14.4. The van der Waals surface area contributed by atoms with Crippen molar-refractivity contribution in [3.8, 4) is 5.75 Å². The number of benzene rings is 1. The second-order valence-corrected chi connectivity index (χ2v) is 6.29. The van der Waals surface area contributed by atoms with Crippen molar-refractivity contribution in [2.75, 3.05) is 6.61 Å². The molecule has 1 aromatic heterocycles. The molecule has 1 N–H and O–H groups in total. The number of unbranched alkanes of at least 4 members (excludes halogenated alkanes) is 1. The number of para-hydroxylation sites is 1. The Hall–Kier alpha value is -2.21. The number of aromatic nitrogens is 1. The molecule has 0 fully saturated rings. The number of hydrogen-bond donors (Lipinski definition) is 1. The molecule has 5 nitrogen and oxygen atoms in total. The third-order valence-electron chi connectivity index (χ3n) is 3.15. The van der Waals surface area contributed by atoms with E-state index >= 15 is 0 Å². The lowest BCUT2D eigenvalue weighted by Crippen LogP contribution is -2.17. The van der Waals surface area contributed by atoms with Crippen LogP contribution in [0.25, 0.3) is 0 Å². The third kappa shape index (κ3) is 4.89. The van der Waals surface area contributed by atoms with Crippen molar-refractivity contribution in [2.45, 2.75) is 33.6 Å². The minimum absolute atomic E-state index is 0.242. The molecule has 1 aromatic carbocycles. The highest BCUT2D eigenvalue weighted by molar-refractivity contribution is 7.13. The highest BCUT2D eigenvalue weighted by atomic mass is 32.1. The molecule has 2 aromatic rings. The van der Waals surface area contributed by atoms with E-state index in [1.165, 1.54) is 11.3 Å². The molecule has 0 bridgehead atoms. The summed E-state index contributed by atoms with van der Waals surface area (Å²) in [5.41, 5.74) is 4.10. The van der Waals surface area contributed by atoms with Gasteiger partial charge >= 0.3 is 0 Å². The summed E-state index contributed by atoms with van der Waals surface area (Å²) in [6.07, 6.45) is 3.69.